The molecule has 0 aromatic rings. The van der Waals surface area contributed by atoms with Gasteiger partial charge in [-0.3, -0.25) is 0 Å². The molecular weight excluding hydrogens is 172 g/mol. The van der Waals surface area contributed by atoms with E-state index in [1.54, 1.807) is 26.0 Å². The van der Waals surface area contributed by atoms with Crippen LogP contribution in [-0.4, -0.2) is 40.4 Å². The van der Waals surface area contributed by atoms with Gasteiger partial charge in [0, 0.05) is 0 Å². The Balaban J connectivity index is 2.30. The lowest BCUT2D eigenvalue weighted by Gasteiger charge is -2.29. The van der Waals surface area contributed by atoms with Crippen LogP contribution in [-0.2, 0) is 9.47 Å². The minimum Gasteiger partial charge on any atom is -0.393 e. The fourth-order valence-corrected chi connectivity index (χ4v) is 1.96. The number of aliphatic hydroxyl groups is 2. The zero-order valence-electron chi connectivity index (χ0n) is 7.73. The molecule has 0 aromatic heterocycles. The van der Waals surface area contributed by atoms with Crippen molar-refractivity contribution in [2.75, 3.05) is 6.61 Å². The minimum absolute atomic E-state index is 0.241. The number of rotatable bonds is 1. The summed E-state index contributed by atoms with van der Waals surface area (Å²) < 4.78 is 11.0. The van der Waals surface area contributed by atoms with Crippen LogP contribution in [0.25, 0.3) is 0 Å². The Morgan fingerprint density at radius 1 is 1.38 bits per heavy atom. The van der Waals surface area contributed by atoms with Crippen LogP contribution in [0.15, 0.2) is 12.2 Å². The molecule has 4 nitrogen and oxygen atoms in total. The first-order valence-corrected chi connectivity index (χ1v) is 4.35. The lowest BCUT2D eigenvalue weighted by molar-refractivity contribution is -0.188. The van der Waals surface area contributed by atoms with Gasteiger partial charge in [-0.25, -0.2) is 0 Å². The van der Waals surface area contributed by atoms with Gasteiger partial charge in [-0.15, -0.1) is 0 Å². The molecule has 2 N–H and O–H groups in total. The van der Waals surface area contributed by atoms with Crippen LogP contribution < -0.4 is 0 Å². The van der Waals surface area contributed by atoms with Crippen molar-refractivity contribution in [1.29, 1.82) is 0 Å². The molecule has 0 spiro atoms. The first-order valence-electron chi connectivity index (χ1n) is 4.35. The fraction of sp³-hybridized carbons (Fsp3) is 0.778. The van der Waals surface area contributed by atoms with E-state index in [1.165, 1.54) is 0 Å². The minimum atomic E-state index is -0.983. The largest absolute Gasteiger partial charge is 0.393 e. The average Bonchev–Trinajstić information content (AvgIpc) is 2.46. The molecule has 1 aliphatic heterocycles. The van der Waals surface area contributed by atoms with Crippen molar-refractivity contribution in [2.24, 2.45) is 0 Å². The van der Waals surface area contributed by atoms with E-state index in [9.17, 15) is 10.2 Å². The number of hydrogen-bond donors (Lipinski definition) is 2. The lowest BCUT2D eigenvalue weighted by Crippen LogP contribution is -2.49. The maximum atomic E-state index is 9.63. The van der Waals surface area contributed by atoms with Gasteiger partial charge in [0.25, 0.3) is 0 Å². The van der Waals surface area contributed by atoms with E-state index in [-0.39, 0.29) is 12.7 Å². The van der Waals surface area contributed by atoms with Crippen LogP contribution in [0.1, 0.15) is 13.8 Å². The first-order chi connectivity index (χ1) is 6.00. The van der Waals surface area contributed by atoms with Crippen molar-refractivity contribution in [2.45, 2.75) is 37.4 Å². The Hall–Kier alpha value is -0.420. The van der Waals surface area contributed by atoms with Crippen LogP contribution in [0.2, 0.25) is 0 Å². The van der Waals surface area contributed by atoms with Gasteiger partial charge in [0.05, 0.1) is 6.61 Å². The number of hydrogen-bond acceptors (Lipinski definition) is 4. The molecule has 1 fully saturated rings. The molecule has 13 heavy (non-hydrogen) atoms. The molecule has 0 bridgehead atoms. The predicted molar refractivity (Wildman–Crippen MR) is 45.0 cm³/mol. The van der Waals surface area contributed by atoms with E-state index >= 15 is 0 Å². The SMILES string of the molecule is CC1(C)O[C@@H]2C=CC(O)[C@]2(CO)O1. The van der Waals surface area contributed by atoms with E-state index in [1.807, 2.05) is 0 Å². The van der Waals surface area contributed by atoms with Crippen LogP contribution in [0.3, 0.4) is 0 Å². The second-order valence-electron chi connectivity index (χ2n) is 3.98. The average molecular weight is 186 g/mol. The van der Waals surface area contributed by atoms with E-state index in [0.29, 0.717) is 0 Å². The van der Waals surface area contributed by atoms with Crippen molar-refractivity contribution in [1.82, 2.24) is 0 Å². The van der Waals surface area contributed by atoms with Gasteiger partial charge in [-0.05, 0) is 13.8 Å². The van der Waals surface area contributed by atoms with Crippen molar-refractivity contribution in [3.63, 3.8) is 0 Å². The maximum Gasteiger partial charge on any atom is 0.164 e. The van der Waals surface area contributed by atoms with Crippen molar-refractivity contribution in [3.05, 3.63) is 12.2 Å². The Labute approximate surface area is 76.8 Å². The third-order valence-electron chi connectivity index (χ3n) is 2.54. The highest BCUT2D eigenvalue weighted by molar-refractivity contribution is 5.21. The second-order valence-corrected chi connectivity index (χ2v) is 3.98. The summed E-state index contributed by atoms with van der Waals surface area (Å²) in [6.45, 7) is 3.29. The van der Waals surface area contributed by atoms with Crippen molar-refractivity contribution < 1.29 is 19.7 Å². The van der Waals surface area contributed by atoms with Crippen LogP contribution in [0.5, 0.6) is 0 Å². The molecule has 1 heterocycles. The summed E-state index contributed by atoms with van der Waals surface area (Å²) in [5.41, 5.74) is -0.983. The highest BCUT2D eigenvalue weighted by atomic mass is 16.8. The fourth-order valence-electron chi connectivity index (χ4n) is 1.96. The lowest BCUT2D eigenvalue weighted by atomic mass is 9.98. The van der Waals surface area contributed by atoms with Gasteiger partial charge in [0.1, 0.15) is 12.2 Å². The van der Waals surface area contributed by atoms with Crippen molar-refractivity contribution in [3.8, 4) is 0 Å². The van der Waals surface area contributed by atoms with Gasteiger partial charge in [0.15, 0.2) is 11.4 Å². The topological polar surface area (TPSA) is 58.9 Å². The quantitative estimate of drug-likeness (QED) is 0.557. The molecule has 2 aliphatic rings. The van der Waals surface area contributed by atoms with Crippen molar-refractivity contribution >= 4 is 0 Å². The Morgan fingerprint density at radius 2 is 2.08 bits per heavy atom. The molecule has 1 saturated heterocycles. The van der Waals surface area contributed by atoms with Gasteiger partial charge in [-0.2, -0.15) is 0 Å². The Morgan fingerprint density at radius 3 is 2.62 bits per heavy atom. The van der Waals surface area contributed by atoms with E-state index < -0.39 is 17.5 Å². The molecule has 1 aliphatic carbocycles. The molecule has 0 saturated carbocycles. The predicted octanol–water partition coefficient (Wildman–Crippen LogP) is -0.200. The molecule has 4 heteroatoms. The smallest absolute Gasteiger partial charge is 0.164 e. The van der Waals surface area contributed by atoms with Gasteiger partial charge < -0.3 is 19.7 Å². The van der Waals surface area contributed by atoms with Crippen LogP contribution in [0.4, 0.5) is 0 Å². The number of ether oxygens (including phenoxy) is 2. The standard InChI is InChI=1S/C9H14O4/c1-8(2)12-7-4-3-6(11)9(7,5-10)13-8/h3-4,6-7,10-11H,5H2,1-2H3/t6?,7-,9+/m1/s1. The molecule has 0 radical (unpaired) electrons. The zero-order valence-corrected chi connectivity index (χ0v) is 7.73. The molecule has 2 rings (SSSR count). The van der Waals surface area contributed by atoms with E-state index in [4.69, 9.17) is 9.47 Å². The maximum absolute atomic E-state index is 9.63. The molecular formula is C9H14O4. The molecule has 1 unspecified atom stereocenters. The van der Waals surface area contributed by atoms with Gasteiger partial charge >= 0.3 is 0 Å². The second kappa shape index (κ2) is 2.54. The van der Waals surface area contributed by atoms with E-state index in [2.05, 4.69) is 0 Å². The van der Waals surface area contributed by atoms with E-state index in [0.717, 1.165) is 0 Å². The van der Waals surface area contributed by atoms with Crippen LogP contribution >= 0.6 is 0 Å². The number of fused-ring (bicyclic) bond motifs is 1. The molecule has 0 amide bonds. The monoisotopic (exact) mass is 186 g/mol. The Bertz CT molecular complexity index is 248. The summed E-state index contributed by atoms with van der Waals surface area (Å²) in [5, 5.41) is 18.9. The summed E-state index contributed by atoms with van der Waals surface area (Å²) >= 11 is 0. The molecule has 74 valence electrons. The number of aliphatic hydroxyl groups excluding tert-OH is 2. The normalized spacial score (nSPS) is 46.8. The highest BCUT2D eigenvalue weighted by Gasteiger charge is 2.58. The molecule has 3 atom stereocenters. The summed E-state index contributed by atoms with van der Waals surface area (Å²) in [4.78, 5) is 0. The third-order valence-corrected chi connectivity index (χ3v) is 2.54. The summed E-state index contributed by atoms with van der Waals surface area (Å²) in [5.74, 6) is -0.737. The summed E-state index contributed by atoms with van der Waals surface area (Å²) in [6.07, 6.45) is 2.19. The highest BCUT2D eigenvalue weighted by Crippen LogP contribution is 2.42. The zero-order chi connectivity index (χ0) is 9.69. The third kappa shape index (κ3) is 1.14. The van der Waals surface area contributed by atoms with Gasteiger partial charge in [0.2, 0.25) is 0 Å². The first kappa shape index (κ1) is 9.15. The summed E-state index contributed by atoms with van der Waals surface area (Å²) in [7, 11) is 0. The Kier molecular flexibility index (Phi) is 1.79. The summed E-state index contributed by atoms with van der Waals surface area (Å²) in [6, 6.07) is 0. The molecule has 0 aromatic carbocycles. The van der Waals surface area contributed by atoms with Gasteiger partial charge in [-0.1, -0.05) is 12.2 Å². The van der Waals surface area contributed by atoms with Crippen LogP contribution in [0, 0.1) is 0 Å².